The van der Waals surface area contributed by atoms with Crippen LogP contribution in [0.2, 0.25) is 0 Å². The minimum absolute atomic E-state index is 0.186. The van der Waals surface area contributed by atoms with Gasteiger partial charge in [-0.2, -0.15) is 11.3 Å². The van der Waals surface area contributed by atoms with E-state index >= 15 is 0 Å². The fourth-order valence-electron chi connectivity index (χ4n) is 2.27. The van der Waals surface area contributed by atoms with E-state index in [0.29, 0.717) is 0 Å². The summed E-state index contributed by atoms with van der Waals surface area (Å²) >= 11 is 1.73. The minimum atomic E-state index is 0.186. The number of thiophene rings is 1. The molecule has 0 aliphatic carbocycles. The molecule has 0 bridgehead atoms. The van der Waals surface area contributed by atoms with Gasteiger partial charge in [0.25, 0.3) is 0 Å². The third-order valence-electron chi connectivity index (χ3n) is 3.11. The molecule has 0 spiro atoms. The van der Waals surface area contributed by atoms with Gasteiger partial charge in [0.1, 0.15) is 0 Å². The first kappa shape index (κ1) is 12.3. The maximum absolute atomic E-state index is 5.71. The molecule has 2 rings (SSSR count). The van der Waals surface area contributed by atoms with Crippen molar-refractivity contribution in [2.24, 2.45) is 5.84 Å². The number of nitrogens with two attached hydrogens (primary N) is 1. The van der Waals surface area contributed by atoms with Gasteiger partial charge in [0.15, 0.2) is 0 Å². The molecule has 0 aliphatic heterocycles. The highest BCUT2D eigenvalue weighted by Gasteiger charge is 2.15. The number of hydrazine groups is 1. The van der Waals surface area contributed by atoms with Gasteiger partial charge >= 0.3 is 0 Å². The molecule has 1 aromatic heterocycles. The SMILES string of the molecule is Cc1cccc(C)c1C(Cc1ccsc1)NN. The van der Waals surface area contributed by atoms with E-state index in [4.69, 9.17) is 5.84 Å². The molecule has 2 nitrogen and oxygen atoms in total. The zero-order valence-electron chi connectivity index (χ0n) is 10.2. The molecule has 0 aliphatic rings. The van der Waals surface area contributed by atoms with E-state index in [1.807, 2.05) is 0 Å². The van der Waals surface area contributed by atoms with Crippen molar-refractivity contribution < 1.29 is 0 Å². The van der Waals surface area contributed by atoms with Crippen LogP contribution in [0, 0.1) is 13.8 Å². The van der Waals surface area contributed by atoms with Crippen molar-refractivity contribution in [3.63, 3.8) is 0 Å². The Morgan fingerprint density at radius 3 is 2.47 bits per heavy atom. The lowest BCUT2D eigenvalue weighted by atomic mass is 9.93. The molecule has 0 radical (unpaired) electrons. The second kappa shape index (κ2) is 5.45. The highest BCUT2D eigenvalue weighted by Crippen LogP contribution is 2.25. The summed E-state index contributed by atoms with van der Waals surface area (Å²) < 4.78 is 0. The molecule has 1 atom stereocenters. The maximum Gasteiger partial charge on any atom is 0.0505 e. The van der Waals surface area contributed by atoms with Crippen LogP contribution in [0.15, 0.2) is 35.0 Å². The fraction of sp³-hybridized carbons (Fsp3) is 0.286. The van der Waals surface area contributed by atoms with Crippen LogP contribution in [0.25, 0.3) is 0 Å². The molecule has 1 unspecified atom stereocenters. The molecule has 0 saturated carbocycles. The summed E-state index contributed by atoms with van der Waals surface area (Å²) in [5.41, 5.74) is 8.19. The quantitative estimate of drug-likeness (QED) is 0.642. The van der Waals surface area contributed by atoms with Crippen LogP contribution in [0.1, 0.15) is 28.3 Å². The molecule has 0 fully saturated rings. The molecule has 90 valence electrons. The second-order valence-corrected chi connectivity index (χ2v) is 5.14. The Morgan fingerprint density at radius 1 is 1.24 bits per heavy atom. The van der Waals surface area contributed by atoms with Crippen LogP contribution < -0.4 is 11.3 Å². The molecular weight excluding hydrogens is 228 g/mol. The molecule has 0 amide bonds. The van der Waals surface area contributed by atoms with Crippen LogP contribution in [0.3, 0.4) is 0 Å². The molecule has 3 heteroatoms. The number of rotatable bonds is 4. The molecule has 1 aromatic carbocycles. The monoisotopic (exact) mass is 246 g/mol. The predicted molar refractivity (Wildman–Crippen MR) is 74.0 cm³/mol. The summed E-state index contributed by atoms with van der Waals surface area (Å²) in [6, 6.07) is 8.71. The van der Waals surface area contributed by atoms with Crippen molar-refractivity contribution in [2.45, 2.75) is 26.3 Å². The number of aryl methyl sites for hydroxylation is 2. The van der Waals surface area contributed by atoms with Gasteiger partial charge in [0.2, 0.25) is 0 Å². The first-order valence-corrected chi connectivity index (χ1v) is 6.70. The topological polar surface area (TPSA) is 38.0 Å². The summed E-state index contributed by atoms with van der Waals surface area (Å²) in [6.07, 6.45) is 0.936. The molecule has 17 heavy (non-hydrogen) atoms. The minimum Gasteiger partial charge on any atom is -0.271 e. The molecule has 2 aromatic rings. The maximum atomic E-state index is 5.71. The smallest absolute Gasteiger partial charge is 0.0505 e. The first-order valence-electron chi connectivity index (χ1n) is 5.75. The highest BCUT2D eigenvalue weighted by atomic mass is 32.1. The molecule has 0 saturated heterocycles. The summed E-state index contributed by atoms with van der Waals surface area (Å²) in [6.45, 7) is 4.28. The van der Waals surface area contributed by atoms with Crippen molar-refractivity contribution in [3.05, 3.63) is 57.3 Å². The standard InChI is InChI=1S/C14H18N2S/c1-10-4-3-5-11(2)14(10)13(16-15)8-12-6-7-17-9-12/h3-7,9,13,16H,8,15H2,1-2H3. The average Bonchev–Trinajstić information content (AvgIpc) is 2.80. The van der Waals surface area contributed by atoms with E-state index in [0.717, 1.165) is 6.42 Å². The number of hydrogen-bond donors (Lipinski definition) is 2. The Morgan fingerprint density at radius 2 is 1.94 bits per heavy atom. The Balaban J connectivity index is 2.29. The van der Waals surface area contributed by atoms with E-state index in [1.165, 1.54) is 22.3 Å². The Hall–Kier alpha value is -1.16. The largest absolute Gasteiger partial charge is 0.271 e. The van der Waals surface area contributed by atoms with Crippen molar-refractivity contribution >= 4 is 11.3 Å². The lowest BCUT2D eigenvalue weighted by molar-refractivity contribution is 0.547. The Kier molecular flexibility index (Phi) is 3.94. The van der Waals surface area contributed by atoms with Crippen LogP contribution in [0.4, 0.5) is 0 Å². The van der Waals surface area contributed by atoms with Gasteiger partial charge < -0.3 is 0 Å². The van der Waals surface area contributed by atoms with Gasteiger partial charge in [-0.05, 0) is 59.3 Å². The normalized spacial score (nSPS) is 12.6. The van der Waals surface area contributed by atoms with Crippen molar-refractivity contribution in [1.82, 2.24) is 5.43 Å². The first-order chi connectivity index (χ1) is 8.22. The van der Waals surface area contributed by atoms with E-state index in [-0.39, 0.29) is 6.04 Å². The van der Waals surface area contributed by atoms with Gasteiger partial charge in [0.05, 0.1) is 6.04 Å². The Bertz CT molecular complexity index is 457. The van der Waals surface area contributed by atoms with E-state index < -0.39 is 0 Å². The van der Waals surface area contributed by atoms with Gasteiger partial charge in [-0.15, -0.1) is 0 Å². The third-order valence-corrected chi connectivity index (χ3v) is 3.84. The van der Waals surface area contributed by atoms with Crippen molar-refractivity contribution in [1.29, 1.82) is 0 Å². The second-order valence-electron chi connectivity index (χ2n) is 4.36. The Labute approximate surface area is 106 Å². The fourth-order valence-corrected chi connectivity index (χ4v) is 2.95. The van der Waals surface area contributed by atoms with Gasteiger partial charge in [-0.3, -0.25) is 11.3 Å². The predicted octanol–water partition coefficient (Wildman–Crippen LogP) is 3.11. The summed E-state index contributed by atoms with van der Waals surface area (Å²) in [4.78, 5) is 0. The van der Waals surface area contributed by atoms with Crippen LogP contribution in [-0.2, 0) is 6.42 Å². The highest BCUT2D eigenvalue weighted by molar-refractivity contribution is 7.07. The number of hydrogen-bond acceptors (Lipinski definition) is 3. The number of nitrogens with one attached hydrogen (secondary N) is 1. The lowest BCUT2D eigenvalue weighted by Crippen LogP contribution is -2.30. The van der Waals surface area contributed by atoms with E-state index in [9.17, 15) is 0 Å². The summed E-state index contributed by atoms with van der Waals surface area (Å²) in [7, 11) is 0. The van der Waals surface area contributed by atoms with Crippen LogP contribution >= 0.6 is 11.3 Å². The van der Waals surface area contributed by atoms with E-state index in [1.54, 1.807) is 11.3 Å². The lowest BCUT2D eigenvalue weighted by Gasteiger charge is -2.20. The molecule has 3 N–H and O–H groups in total. The van der Waals surface area contributed by atoms with Crippen molar-refractivity contribution in [3.8, 4) is 0 Å². The van der Waals surface area contributed by atoms with Crippen molar-refractivity contribution in [2.75, 3.05) is 0 Å². The third kappa shape index (κ3) is 2.75. The molecular formula is C14H18N2S. The summed E-state index contributed by atoms with van der Waals surface area (Å²) in [5, 5.41) is 4.28. The van der Waals surface area contributed by atoms with Crippen LogP contribution in [-0.4, -0.2) is 0 Å². The van der Waals surface area contributed by atoms with Gasteiger partial charge in [0, 0.05) is 0 Å². The van der Waals surface area contributed by atoms with E-state index in [2.05, 4.69) is 54.3 Å². The zero-order chi connectivity index (χ0) is 12.3. The zero-order valence-corrected chi connectivity index (χ0v) is 11.1. The molecule has 1 heterocycles. The average molecular weight is 246 g/mol. The van der Waals surface area contributed by atoms with Crippen LogP contribution in [0.5, 0.6) is 0 Å². The van der Waals surface area contributed by atoms with Gasteiger partial charge in [-0.1, -0.05) is 18.2 Å². The summed E-state index contributed by atoms with van der Waals surface area (Å²) in [5.74, 6) is 5.71. The number of benzene rings is 1. The van der Waals surface area contributed by atoms with Gasteiger partial charge in [-0.25, -0.2) is 0 Å².